The van der Waals surface area contributed by atoms with Gasteiger partial charge in [-0.1, -0.05) is 18.2 Å². The van der Waals surface area contributed by atoms with Crippen LogP contribution in [0.5, 0.6) is 0 Å². The van der Waals surface area contributed by atoms with Crippen LogP contribution in [-0.2, 0) is 6.18 Å². The summed E-state index contributed by atoms with van der Waals surface area (Å²) >= 11 is 1.46. The number of anilines is 1. The molecule has 7 heteroatoms. The maximum absolute atomic E-state index is 12.6. The van der Waals surface area contributed by atoms with Gasteiger partial charge in [-0.05, 0) is 30.3 Å². The largest absolute Gasteiger partial charge is 0.416 e. The van der Waals surface area contributed by atoms with E-state index in [9.17, 15) is 13.2 Å². The number of fused-ring (bicyclic) bond motifs is 1. The van der Waals surface area contributed by atoms with Crippen LogP contribution >= 0.6 is 11.3 Å². The Morgan fingerprint density at radius 2 is 1.91 bits per heavy atom. The minimum Gasteiger partial charge on any atom is -0.278 e. The lowest BCUT2D eigenvalue weighted by molar-refractivity contribution is -0.137. The van der Waals surface area contributed by atoms with Crippen molar-refractivity contribution in [2.45, 2.75) is 6.18 Å². The smallest absolute Gasteiger partial charge is 0.278 e. The molecule has 0 amide bonds. The highest BCUT2D eigenvalue weighted by atomic mass is 32.1. The molecule has 0 spiro atoms. The maximum atomic E-state index is 12.6. The Kier molecular flexibility index (Phi) is 3.81. The predicted molar refractivity (Wildman–Crippen MR) is 82.3 cm³/mol. The van der Waals surface area contributed by atoms with Gasteiger partial charge in [0.25, 0.3) is 0 Å². The molecule has 112 valence electrons. The third-order valence-corrected chi connectivity index (χ3v) is 3.84. The van der Waals surface area contributed by atoms with E-state index in [1.165, 1.54) is 29.7 Å². The van der Waals surface area contributed by atoms with Crippen molar-refractivity contribution in [3.8, 4) is 0 Å². The zero-order valence-corrected chi connectivity index (χ0v) is 11.9. The molecule has 1 heterocycles. The van der Waals surface area contributed by atoms with Crippen molar-refractivity contribution >= 4 is 33.5 Å². The average molecular weight is 321 g/mol. The van der Waals surface area contributed by atoms with E-state index in [0.717, 1.165) is 22.3 Å². The van der Waals surface area contributed by atoms with Gasteiger partial charge in [0.15, 0.2) is 0 Å². The maximum Gasteiger partial charge on any atom is 0.416 e. The number of aromatic nitrogens is 1. The van der Waals surface area contributed by atoms with Gasteiger partial charge in [-0.3, -0.25) is 5.43 Å². The monoisotopic (exact) mass is 321 g/mol. The van der Waals surface area contributed by atoms with Crippen molar-refractivity contribution < 1.29 is 13.2 Å². The molecule has 0 bridgehead atoms. The van der Waals surface area contributed by atoms with Crippen LogP contribution in [0, 0.1) is 0 Å². The minimum atomic E-state index is -4.37. The van der Waals surface area contributed by atoms with Gasteiger partial charge in [0.2, 0.25) is 0 Å². The highest BCUT2D eigenvalue weighted by Gasteiger charge is 2.30. The normalized spacial score (nSPS) is 12.1. The number of halogens is 3. The number of hydrogen-bond donors (Lipinski definition) is 1. The molecule has 0 aliphatic rings. The summed E-state index contributed by atoms with van der Waals surface area (Å²) in [6, 6.07) is 12.5. The van der Waals surface area contributed by atoms with Crippen LogP contribution in [0.1, 0.15) is 10.6 Å². The van der Waals surface area contributed by atoms with Gasteiger partial charge in [0.05, 0.1) is 27.7 Å². The number of thiazole rings is 1. The van der Waals surface area contributed by atoms with Crippen LogP contribution < -0.4 is 5.43 Å². The molecule has 1 N–H and O–H groups in total. The van der Waals surface area contributed by atoms with Crippen LogP contribution in [0.25, 0.3) is 10.2 Å². The van der Waals surface area contributed by atoms with Gasteiger partial charge in [-0.25, -0.2) is 4.98 Å². The van der Waals surface area contributed by atoms with Crippen molar-refractivity contribution in [1.29, 1.82) is 0 Å². The fourth-order valence-electron chi connectivity index (χ4n) is 1.87. The van der Waals surface area contributed by atoms with E-state index in [1.54, 1.807) is 0 Å². The zero-order valence-electron chi connectivity index (χ0n) is 11.1. The average Bonchev–Trinajstić information content (AvgIpc) is 2.89. The second-order valence-corrected chi connectivity index (χ2v) is 5.53. The molecule has 1 aromatic heterocycles. The van der Waals surface area contributed by atoms with Crippen molar-refractivity contribution in [1.82, 2.24) is 4.98 Å². The third kappa shape index (κ3) is 3.25. The minimum absolute atomic E-state index is 0.271. The molecular formula is C15H10F3N3S. The molecule has 0 aliphatic carbocycles. The molecule has 0 fully saturated rings. The Balaban J connectivity index is 1.74. The molecule has 0 aliphatic heterocycles. The van der Waals surface area contributed by atoms with E-state index in [-0.39, 0.29) is 5.69 Å². The third-order valence-electron chi connectivity index (χ3n) is 2.87. The van der Waals surface area contributed by atoms with Crippen LogP contribution in [0.3, 0.4) is 0 Å². The highest BCUT2D eigenvalue weighted by Crippen LogP contribution is 2.30. The summed E-state index contributed by atoms with van der Waals surface area (Å²) in [5, 5.41) is 4.62. The topological polar surface area (TPSA) is 37.3 Å². The fraction of sp³-hybridized carbons (Fsp3) is 0.0667. The molecule has 22 heavy (non-hydrogen) atoms. The molecule has 0 saturated carbocycles. The first-order valence-electron chi connectivity index (χ1n) is 6.34. The summed E-state index contributed by atoms with van der Waals surface area (Å²) in [5.41, 5.74) is 3.01. The quantitative estimate of drug-likeness (QED) is 0.558. The number of para-hydroxylation sites is 1. The lowest BCUT2D eigenvalue weighted by Crippen LogP contribution is -2.05. The number of nitrogens with one attached hydrogen (secondary N) is 1. The number of hydrazone groups is 1. The van der Waals surface area contributed by atoms with E-state index in [0.29, 0.717) is 5.01 Å². The van der Waals surface area contributed by atoms with Crippen LogP contribution in [0.15, 0.2) is 53.6 Å². The summed E-state index contributed by atoms with van der Waals surface area (Å²) in [6.07, 6.45) is -2.88. The van der Waals surface area contributed by atoms with Gasteiger partial charge < -0.3 is 0 Å². The Bertz CT molecular complexity index is 791. The summed E-state index contributed by atoms with van der Waals surface area (Å²) in [5.74, 6) is 0. The fourth-order valence-corrected chi connectivity index (χ4v) is 2.71. The second kappa shape index (κ2) is 5.76. The van der Waals surface area contributed by atoms with Crippen LogP contribution in [-0.4, -0.2) is 11.2 Å². The Morgan fingerprint density at radius 3 is 2.68 bits per heavy atom. The standard InChI is InChI=1S/C15H10F3N3S/c16-15(17,18)10-4-3-5-11(8-10)21-19-9-14-20-12-6-1-2-7-13(12)22-14/h1-9,21H/b19-9-. The number of hydrogen-bond acceptors (Lipinski definition) is 4. The Hall–Kier alpha value is -2.41. The first-order valence-corrected chi connectivity index (χ1v) is 7.16. The second-order valence-electron chi connectivity index (χ2n) is 4.47. The van der Waals surface area contributed by atoms with Gasteiger partial charge >= 0.3 is 6.18 Å². The van der Waals surface area contributed by atoms with Crippen molar-refractivity contribution in [3.05, 3.63) is 59.1 Å². The highest BCUT2D eigenvalue weighted by molar-refractivity contribution is 7.20. The van der Waals surface area contributed by atoms with Gasteiger partial charge in [0.1, 0.15) is 5.01 Å². The first kappa shape index (κ1) is 14.5. The number of rotatable bonds is 3. The van der Waals surface area contributed by atoms with Crippen LogP contribution in [0.4, 0.5) is 18.9 Å². The molecule has 0 saturated heterocycles. The summed E-state index contributed by atoms with van der Waals surface area (Å²) in [7, 11) is 0. The van der Waals surface area contributed by atoms with Crippen molar-refractivity contribution in [2.24, 2.45) is 5.10 Å². The number of alkyl halides is 3. The summed E-state index contributed by atoms with van der Waals surface area (Å²) < 4.78 is 38.8. The van der Waals surface area contributed by atoms with E-state index in [2.05, 4.69) is 15.5 Å². The molecule has 0 atom stereocenters. The van der Waals surface area contributed by atoms with E-state index in [4.69, 9.17) is 0 Å². The number of nitrogens with zero attached hydrogens (tertiary/aromatic N) is 2. The Morgan fingerprint density at radius 1 is 1.09 bits per heavy atom. The molecule has 0 unspecified atom stereocenters. The van der Waals surface area contributed by atoms with E-state index in [1.807, 2.05) is 24.3 Å². The Labute approximate surface area is 128 Å². The first-order chi connectivity index (χ1) is 10.5. The zero-order chi connectivity index (χ0) is 15.6. The number of benzene rings is 2. The lowest BCUT2D eigenvalue weighted by atomic mass is 10.2. The van der Waals surface area contributed by atoms with Crippen molar-refractivity contribution in [2.75, 3.05) is 5.43 Å². The summed E-state index contributed by atoms with van der Waals surface area (Å²) in [6.45, 7) is 0. The van der Waals surface area contributed by atoms with E-state index < -0.39 is 11.7 Å². The molecular weight excluding hydrogens is 311 g/mol. The van der Waals surface area contributed by atoms with Gasteiger partial charge in [-0.15, -0.1) is 11.3 Å². The molecule has 2 aromatic carbocycles. The van der Waals surface area contributed by atoms with Crippen LogP contribution in [0.2, 0.25) is 0 Å². The van der Waals surface area contributed by atoms with E-state index >= 15 is 0 Å². The van der Waals surface area contributed by atoms with Gasteiger partial charge in [-0.2, -0.15) is 18.3 Å². The van der Waals surface area contributed by atoms with Gasteiger partial charge in [0, 0.05) is 0 Å². The molecule has 3 nitrogen and oxygen atoms in total. The molecule has 0 radical (unpaired) electrons. The predicted octanol–water partition coefficient (Wildman–Crippen LogP) is 4.76. The summed E-state index contributed by atoms with van der Waals surface area (Å²) in [4.78, 5) is 4.35. The van der Waals surface area contributed by atoms with Crippen molar-refractivity contribution in [3.63, 3.8) is 0 Å². The molecule has 3 aromatic rings. The SMILES string of the molecule is FC(F)(F)c1cccc(N/N=C\c2nc3ccccc3s2)c1. The molecule has 3 rings (SSSR count). The lowest BCUT2D eigenvalue weighted by Gasteiger charge is -2.07.